The molecular weight excluding hydrogens is 172 g/mol. The van der Waals surface area contributed by atoms with Crippen molar-refractivity contribution in [2.24, 2.45) is 0 Å². The van der Waals surface area contributed by atoms with E-state index < -0.39 is 0 Å². The van der Waals surface area contributed by atoms with Gasteiger partial charge in [0.25, 0.3) is 0 Å². The van der Waals surface area contributed by atoms with Gasteiger partial charge in [0.2, 0.25) is 0 Å². The molecule has 0 aliphatic heterocycles. The first kappa shape index (κ1) is 13.0. The van der Waals surface area contributed by atoms with Gasteiger partial charge < -0.3 is 4.74 Å². The standard InChI is InChI=1S/C11H16O.C2H6/c1-4-10-6-5-7-11(8-10)12-9(2)3;1-2/h5-9H,4H2,1-3H3;1-2H3. The molecular formula is C13H22O. The molecule has 0 spiro atoms. The van der Waals surface area contributed by atoms with Gasteiger partial charge in [-0.15, -0.1) is 0 Å². The smallest absolute Gasteiger partial charge is 0.119 e. The van der Waals surface area contributed by atoms with Crippen LogP contribution in [0.25, 0.3) is 0 Å². The Kier molecular flexibility index (Phi) is 6.91. The van der Waals surface area contributed by atoms with Crippen LogP contribution in [0.1, 0.15) is 40.2 Å². The van der Waals surface area contributed by atoms with Crippen molar-refractivity contribution in [2.45, 2.75) is 47.1 Å². The van der Waals surface area contributed by atoms with Crippen LogP contribution >= 0.6 is 0 Å². The number of benzene rings is 1. The quantitative estimate of drug-likeness (QED) is 0.705. The van der Waals surface area contributed by atoms with Crippen LogP contribution < -0.4 is 4.74 Å². The highest BCUT2D eigenvalue weighted by Crippen LogP contribution is 2.14. The van der Waals surface area contributed by atoms with Gasteiger partial charge in [-0.25, -0.2) is 0 Å². The van der Waals surface area contributed by atoms with E-state index in [1.807, 2.05) is 39.8 Å². The molecule has 1 rings (SSSR count). The van der Waals surface area contributed by atoms with Gasteiger partial charge in [0.15, 0.2) is 0 Å². The van der Waals surface area contributed by atoms with E-state index in [0.29, 0.717) is 0 Å². The van der Waals surface area contributed by atoms with E-state index in [2.05, 4.69) is 19.1 Å². The maximum atomic E-state index is 5.56. The molecule has 80 valence electrons. The Morgan fingerprint density at radius 1 is 1.21 bits per heavy atom. The summed E-state index contributed by atoms with van der Waals surface area (Å²) in [7, 11) is 0. The molecule has 14 heavy (non-hydrogen) atoms. The lowest BCUT2D eigenvalue weighted by atomic mass is 10.2. The molecule has 0 saturated heterocycles. The van der Waals surface area contributed by atoms with Crippen LogP contribution in [0.15, 0.2) is 24.3 Å². The number of hydrogen-bond acceptors (Lipinski definition) is 1. The summed E-state index contributed by atoms with van der Waals surface area (Å²) < 4.78 is 5.56. The molecule has 0 radical (unpaired) electrons. The number of hydrogen-bond donors (Lipinski definition) is 0. The molecule has 0 atom stereocenters. The first-order valence-electron chi connectivity index (χ1n) is 5.48. The van der Waals surface area contributed by atoms with Crippen LogP contribution in [-0.4, -0.2) is 6.10 Å². The molecule has 0 aromatic heterocycles. The Morgan fingerprint density at radius 2 is 1.86 bits per heavy atom. The topological polar surface area (TPSA) is 9.23 Å². The molecule has 1 aromatic carbocycles. The second-order valence-electron chi connectivity index (χ2n) is 3.17. The zero-order valence-corrected chi connectivity index (χ0v) is 10.0. The van der Waals surface area contributed by atoms with Crippen molar-refractivity contribution in [1.29, 1.82) is 0 Å². The molecule has 0 amide bonds. The third-order valence-electron chi connectivity index (χ3n) is 1.68. The molecule has 0 aliphatic rings. The van der Waals surface area contributed by atoms with Crippen LogP contribution in [0, 0.1) is 0 Å². The van der Waals surface area contributed by atoms with Gasteiger partial charge in [0.05, 0.1) is 6.10 Å². The van der Waals surface area contributed by atoms with Gasteiger partial charge in [-0.05, 0) is 38.0 Å². The summed E-state index contributed by atoms with van der Waals surface area (Å²) in [5, 5.41) is 0. The third kappa shape index (κ3) is 4.90. The summed E-state index contributed by atoms with van der Waals surface area (Å²) in [6, 6.07) is 8.25. The van der Waals surface area contributed by atoms with Crippen LogP contribution in [0.3, 0.4) is 0 Å². The highest BCUT2D eigenvalue weighted by molar-refractivity contribution is 5.28. The normalized spacial score (nSPS) is 9.29. The van der Waals surface area contributed by atoms with Crippen molar-refractivity contribution in [2.75, 3.05) is 0 Å². The summed E-state index contributed by atoms with van der Waals surface area (Å²) in [4.78, 5) is 0. The molecule has 0 aliphatic carbocycles. The lowest BCUT2D eigenvalue weighted by Crippen LogP contribution is -2.05. The fraction of sp³-hybridized carbons (Fsp3) is 0.538. The molecule has 0 unspecified atom stereocenters. The van der Waals surface area contributed by atoms with Crippen LogP contribution in [0.5, 0.6) is 5.75 Å². The Bertz CT molecular complexity index is 241. The highest BCUT2D eigenvalue weighted by Gasteiger charge is 1.97. The SMILES string of the molecule is CC.CCc1cccc(OC(C)C)c1. The monoisotopic (exact) mass is 194 g/mol. The van der Waals surface area contributed by atoms with E-state index in [0.717, 1.165) is 12.2 Å². The Balaban J connectivity index is 0.000000791. The average molecular weight is 194 g/mol. The molecule has 1 aromatic rings. The van der Waals surface area contributed by atoms with Crippen molar-refractivity contribution in [1.82, 2.24) is 0 Å². The maximum Gasteiger partial charge on any atom is 0.119 e. The maximum absolute atomic E-state index is 5.56. The summed E-state index contributed by atoms with van der Waals surface area (Å²) in [6.45, 7) is 10.2. The Labute approximate surface area is 88.1 Å². The van der Waals surface area contributed by atoms with Crippen molar-refractivity contribution in [3.63, 3.8) is 0 Å². The summed E-state index contributed by atoms with van der Waals surface area (Å²) in [5.74, 6) is 0.976. The minimum absolute atomic E-state index is 0.261. The highest BCUT2D eigenvalue weighted by atomic mass is 16.5. The Hall–Kier alpha value is -0.980. The summed E-state index contributed by atoms with van der Waals surface area (Å²) in [5.41, 5.74) is 1.33. The van der Waals surface area contributed by atoms with Gasteiger partial charge in [-0.2, -0.15) is 0 Å². The van der Waals surface area contributed by atoms with E-state index in [4.69, 9.17) is 4.74 Å². The van der Waals surface area contributed by atoms with Crippen LogP contribution in [-0.2, 0) is 6.42 Å². The number of rotatable bonds is 3. The minimum Gasteiger partial charge on any atom is -0.491 e. The van der Waals surface area contributed by atoms with Crippen molar-refractivity contribution in [3.8, 4) is 5.75 Å². The molecule has 0 fully saturated rings. The van der Waals surface area contributed by atoms with E-state index in [-0.39, 0.29) is 6.10 Å². The zero-order valence-electron chi connectivity index (χ0n) is 10.0. The molecule has 0 saturated carbocycles. The lowest BCUT2D eigenvalue weighted by molar-refractivity contribution is 0.242. The van der Waals surface area contributed by atoms with Crippen LogP contribution in [0.2, 0.25) is 0 Å². The molecule has 0 bridgehead atoms. The third-order valence-corrected chi connectivity index (χ3v) is 1.68. The zero-order chi connectivity index (χ0) is 11.0. The fourth-order valence-electron chi connectivity index (χ4n) is 1.11. The average Bonchev–Trinajstić information content (AvgIpc) is 2.20. The molecule has 0 N–H and O–H groups in total. The minimum atomic E-state index is 0.261. The van der Waals surface area contributed by atoms with E-state index in [9.17, 15) is 0 Å². The van der Waals surface area contributed by atoms with Crippen LogP contribution in [0.4, 0.5) is 0 Å². The predicted molar refractivity (Wildman–Crippen MR) is 62.9 cm³/mol. The first-order chi connectivity index (χ1) is 6.72. The molecule has 0 heterocycles. The van der Waals surface area contributed by atoms with E-state index in [1.165, 1.54) is 5.56 Å². The first-order valence-corrected chi connectivity index (χ1v) is 5.48. The van der Waals surface area contributed by atoms with Crippen molar-refractivity contribution >= 4 is 0 Å². The summed E-state index contributed by atoms with van der Waals surface area (Å²) >= 11 is 0. The fourth-order valence-corrected chi connectivity index (χ4v) is 1.11. The number of aryl methyl sites for hydroxylation is 1. The second-order valence-corrected chi connectivity index (χ2v) is 3.17. The lowest BCUT2D eigenvalue weighted by Gasteiger charge is -2.09. The van der Waals surface area contributed by atoms with E-state index in [1.54, 1.807) is 0 Å². The number of ether oxygens (including phenoxy) is 1. The summed E-state index contributed by atoms with van der Waals surface area (Å²) in [6.07, 6.45) is 1.33. The molecule has 1 heteroatoms. The Morgan fingerprint density at radius 3 is 2.36 bits per heavy atom. The van der Waals surface area contributed by atoms with Gasteiger partial charge in [0.1, 0.15) is 5.75 Å². The predicted octanol–water partition coefficient (Wildman–Crippen LogP) is 4.06. The van der Waals surface area contributed by atoms with Gasteiger partial charge >= 0.3 is 0 Å². The van der Waals surface area contributed by atoms with Gasteiger partial charge in [-0.1, -0.05) is 32.9 Å². The van der Waals surface area contributed by atoms with Gasteiger partial charge in [0, 0.05) is 0 Å². The van der Waals surface area contributed by atoms with E-state index >= 15 is 0 Å². The largest absolute Gasteiger partial charge is 0.491 e. The van der Waals surface area contributed by atoms with Crippen molar-refractivity contribution in [3.05, 3.63) is 29.8 Å². The molecule has 1 nitrogen and oxygen atoms in total. The van der Waals surface area contributed by atoms with Crippen molar-refractivity contribution < 1.29 is 4.74 Å². The second kappa shape index (κ2) is 7.43. The van der Waals surface area contributed by atoms with Gasteiger partial charge in [-0.3, -0.25) is 0 Å².